The molecule has 8 nitrogen and oxygen atoms in total. The number of nitrogens with one attached hydrogen (secondary N) is 2. The first-order chi connectivity index (χ1) is 15.4. The number of hydrogen-bond donors (Lipinski definition) is 2. The lowest BCUT2D eigenvalue weighted by molar-refractivity contribution is 0.145. The molecule has 2 aromatic heterocycles. The van der Waals surface area contributed by atoms with Gasteiger partial charge in [0, 0.05) is 24.1 Å². The highest BCUT2D eigenvalue weighted by Gasteiger charge is 2.25. The first-order valence-electron chi connectivity index (χ1n) is 10.8. The zero-order valence-corrected chi connectivity index (χ0v) is 18.5. The fraction of sp³-hybridized carbons (Fsp3) is 0.435. The number of halogens is 1. The van der Waals surface area contributed by atoms with Crippen molar-refractivity contribution >= 4 is 28.6 Å². The highest BCUT2D eigenvalue weighted by Crippen LogP contribution is 2.33. The highest BCUT2D eigenvalue weighted by molar-refractivity contribution is 5.89. The Morgan fingerprint density at radius 3 is 2.75 bits per heavy atom. The van der Waals surface area contributed by atoms with Crippen LogP contribution in [0, 0.1) is 18.7 Å². The summed E-state index contributed by atoms with van der Waals surface area (Å²) in [5.41, 5.74) is 1.88. The van der Waals surface area contributed by atoms with Crippen LogP contribution in [0.3, 0.4) is 0 Å². The minimum atomic E-state index is -0.399. The maximum Gasteiger partial charge on any atom is 0.319 e. The van der Waals surface area contributed by atoms with E-state index in [4.69, 9.17) is 9.15 Å². The number of anilines is 2. The molecule has 1 fully saturated rings. The molecule has 1 aromatic carbocycles. The Hall–Kier alpha value is -3.20. The summed E-state index contributed by atoms with van der Waals surface area (Å²) < 4.78 is 25.2. The summed E-state index contributed by atoms with van der Waals surface area (Å²) in [5, 5.41) is 6.44. The van der Waals surface area contributed by atoms with Gasteiger partial charge in [-0.2, -0.15) is 0 Å². The molecular formula is C23H28FN5O3. The van der Waals surface area contributed by atoms with Crippen LogP contribution in [0.4, 0.5) is 20.8 Å². The molecule has 2 amide bonds. The Morgan fingerprint density at radius 1 is 1.22 bits per heavy atom. The van der Waals surface area contributed by atoms with E-state index in [1.165, 1.54) is 12.1 Å². The van der Waals surface area contributed by atoms with Crippen molar-refractivity contribution in [1.29, 1.82) is 0 Å². The van der Waals surface area contributed by atoms with Gasteiger partial charge in [-0.1, -0.05) is 13.8 Å². The van der Waals surface area contributed by atoms with E-state index in [-0.39, 0.29) is 17.8 Å². The van der Waals surface area contributed by atoms with Crippen LogP contribution in [0.25, 0.3) is 11.0 Å². The molecule has 0 radical (unpaired) electrons. The van der Waals surface area contributed by atoms with Crippen molar-refractivity contribution in [2.45, 2.75) is 39.7 Å². The number of urea groups is 1. The van der Waals surface area contributed by atoms with Crippen LogP contribution in [0.1, 0.15) is 44.1 Å². The number of aromatic nitrogens is 2. The van der Waals surface area contributed by atoms with Crippen LogP contribution in [-0.4, -0.2) is 35.9 Å². The van der Waals surface area contributed by atoms with Crippen LogP contribution in [0.5, 0.6) is 0 Å². The molecule has 9 heteroatoms. The molecule has 2 N–H and O–H groups in total. The van der Waals surface area contributed by atoms with E-state index in [2.05, 4.69) is 20.6 Å². The number of carbonyl (C=O) groups excluding carboxylic acids is 1. The third-order valence-corrected chi connectivity index (χ3v) is 5.56. The molecule has 1 aliphatic heterocycles. The quantitative estimate of drug-likeness (QED) is 0.593. The molecule has 0 aliphatic carbocycles. The average Bonchev–Trinajstić information content (AvgIpc) is 2.94. The summed E-state index contributed by atoms with van der Waals surface area (Å²) in [6, 6.07) is 3.63. The van der Waals surface area contributed by atoms with Crippen molar-refractivity contribution in [3.8, 4) is 0 Å². The first kappa shape index (κ1) is 22.0. The van der Waals surface area contributed by atoms with Gasteiger partial charge in [-0.05, 0) is 43.9 Å². The standard InChI is InChI=1S/C23H28FN5O3/c1-14(2)20(21-15(3)18-10-16(24)6-7-19(18)32-21)28-23(30)27-17-11-25-22(26-12-17)29-8-4-5-9-31-13-29/h6-7,10-12,14,20H,4-5,8-9,13H2,1-3H3,(H2,27,28,30)/t20-/m0/s1. The minimum absolute atomic E-state index is 0.0477. The van der Waals surface area contributed by atoms with Gasteiger partial charge in [0.2, 0.25) is 5.95 Å². The third-order valence-electron chi connectivity index (χ3n) is 5.56. The van der Waals surface area contributed by atoms with E-state index < -0.39 is 6.03 Å². The van der Waals surface area contributed by atoms with Crippen molar-refractivity contribution < 1.29 is 18.3 Å². The predicted molar refractivity (Wildman–Crippen MR) is 120 cm³/mol. The lowest BCUT2D eigenvalue weighted by Gasteiger charge is -2.22. The molecule has 1 aliphatic rings. The molecule has 0 spiro atoms. The van der Waals surface area contributed by atoms with Gasteiger partial charge >= 0.3 is 6.03 Å². The molecule has 3 heterocycles. The molecule has 32 heavy (non-hydrogen) atoms. The summed E-state index contributed by atoms with van der Waals surface area (Å²) in [5.74, 6) is 0.910. The van der Waals surface area contributed by atoms with Crippen LogP contribution in [0.2, 0.25) is 0 Å². The largest absolute Gasteiger partial charge is 0.459 e. The number of hydrogen-bond acceptors (Lipinski definition) is 6. The van der Waals surface area contributed by atoms with E-state index in [1.807, 2.05) is 25.7 Å². The SMILES string of the molecule is Cc1c([C@@H](NC(=O)Nc2cnc(N3CCCCOC3)nc2)C(C)C)oc2ccc(F)cc12. The summed E-state index contributed by atoms with van der Waals surface area (Å²) in [4.78, 5) is 23.4. The van der Waals surface area contributed by atoms with Crippen LogP contribution in [-0.2, 0) is 4.74 Å². The second-order valence-corrected chi connectivity index (χ2v) is 8.33. The van der Waals surface area contributed by atoms with Gasteiger partial charge < -0.3 is 24.7 Å². The summed E-state index contributed by atoms with van der Waals surface area (Å²) in [6.07, 6.45) is 5.20. The molecule has 3 aromatic rings. The molecule has 1 saturated heterocycles. The highest BCUT2D eigenvalue weighted by atomic mass is 19.1. The normalized spacial score (nSPS) is 15.6. The number of carbonyl (C=O) groups is 1. The fourth-order valence-corrected chi connectivity index (χ4v) is 3.80. The Morgan fingerprint density at radius 2 is 2.00 bits per heavy atom. The van der Waals surface area contributed by atoms with Crippen LogP contribution < -0.4 is 15.5 Å². The lowest BCUT2D eigenvalue weighted by atomic mass is 9.98. The van der Waals surface area contributed by atoms with Gasteiger partial charge in [-0.3, -0.25) is 0 Å². The number of benzene rings is 1. The zero-order chi connectivity index (χ0) is 22.7. The number of ether oxygens (including phenoxy) is 1. The van der Waals surface area contributed by atoms with Gasteiger partial charge in [-0.25, -0.2) is 19.2 Å². The number of amides is 2. The van der Waals surface area contributed by atoms with Crippen molar-refractivity contribution in [2.75, 3.05) is 30.1 Å². The van der Waals surface area contributed by atoms with E-state index in [0.717, 1.165) is 31.6 Å². The van der Waals surface area contributed by atoms with E-state index in [9.17, 15) is 9.18 Å². The van der Waals surface area contributed by atoms with Crippen molar-refractivity contribution in [3.63, 3.8) is 0 Å². The topological polar surface area (TPSA) is 92.5 Å². The predicted octanol–water partition coefficient (Wildman–Crippen LogP) is 4.76. The van der Waals surface area contributed by atoms with Crippen molar-refractivity contribution in [2.24, 2.45) is 5.92 Å². The summed E-state index contributed by atoms with van der Waals surface area (Å²) in [7, 11) is 0. The molecular weight excluding hydrogens is 413 g/mol. The Bertz CT molecular complexity index is 1080. The smallest absolute Gasteiger partial charge is 0.319 e. The maximum absolute atomic E-state index is 13.7. The molecule has 0 saturated carbocycles. The minimum Gasteiger partial charge on any atom is -0.459 e. The fourth-order valence-electron chi connectivity index (χ4n) is 3.80. The molecule has 0 unspecified atom stereocenters. The maximum atomic E-state index is 13.7. The first-order valence-corrected chi connectivity index (χ1v) is 10.8. The second-order valence-electron chi connectivity index (χ2n) is 8.33. The van der Waals surface area contributed by atoms with Gasteiger partial charge in [0.05, 0.1) is 24.1 Å². The molecule has 1 atom stereocenters. The number of rotatable bonds is 5. The Kier molecular flexibility index (Phi) is 6.55. The second kappa shape index (κ2) is 9.52. The number of aryl methyl sites for hydroxylation is 1. The number of furan rings is 1. The summed E-state index contributed by atoms with van der Waals surface area (Å²) in [6.45, 7) is 7.88. The van der Waals surface area contributed by atoms with Gasteiger partial charge in [0.1, 0.15) is 23.9 Å². The van der Waals surface area contributed by atoms with E-state index in [0.29, 0.717) is 35.1 Å². The monoisotopic (exact) mass is 441 g/mol. The molecule has 4 rings (SSSR count). The molecule has 170 valence electrons. The Balaban J connectivity index is 1.45. The van der Waals surface area contributed by atoms with Gasteiger partial charge in [-0.15, -0.1) is 0 Å². The average molecular weight is 442 g/mol. The molecule has 0 bridgehead atoms. The summed E-state index contributed by atoms with van der Waals surface area (Å²) >= 11 is 0. The van der Waals surface area contributed by atoms with E-state index >= 15 is 0 Å². The van der Waals surface area contributed by atoms with Gasteiger partial charge in [0.15, 0.2) is 0 Å². The lowest BCUT2D eigenvalue weighted by Crippen LogP contribution is -2.35. The number of nitrogens with zero attached hydrogens (tertiary/aromatic N) is 3. The number of fused-ring (bicyclic) bond motifs is 1. The van der Waals surface area contributed by atoms with Crippen molar-refractivity contribution in [1.82, 2.24) is 15.3 Å². The third kappa shape index (κ3) is 4.83. The zero-order valence-electron chi connectivity index (χ0n) is 18.5. The van der Waals surface area contributed by atoms with Crippen LogP contribution in [0.15, 0.2) is 35.0 Å². The Labute approximate surface area is 186 Å². The van der Waals surface area contributed by atoms with Crippen molar-refractivity contribution in [3.05, 3.63) is 47.7 Å². The van der Waals surface area contributed by atoms with Crippen LogP contribution >= 0.6 is 0 Å². The van der Waals surface area contributed by atoms with E-state index in [1.54, 1.807) is 18.5 Å². The van der Waals surface area contributed by atoms with Gasteiger partial charge in [0.25, 0.3) is 0 Å².